The number of aryl methyl sites for hydroxylation is 1. The predicted octanol–water partition coefficient (Wildman–Crippen LogP) is 4.00. The van der Waals surface area contributed by atoms with Gasteiger partial charge in [0.1, 0.15) is 0 Å². The van der Waals surface area contributed by atoms with Gasteiger partial charge in [0.2, 0.25) is 0 Å². The molecule has 0 saturated heterocycles. The van der Waals surface area contributed by atoms with Gasteiger partial charge in [-0.25, -0.2) is 0 Å². The maximum absolute atomic E-state index is 12.0. The van der Waals surface area contributed by atoms with Crippen LogP contribution in [0.4, 0.5) is 0 Å². The summed E-state index contributed by atoms with van der Waals surface area (Å²) in [6.45, 7) is 6.53. The molecule has 2 nitrogen and oxygen atoms in total. The fourth-order valence-corrected chi connectivity index (χ4v) is 2.88. The molecule has 0 aliphatic heterocycles. The minimum Gasteiger partial charge on any atom is -0.469 e. The van der Waals surface area contributed by atoms with Gasteiger partial charge < -0.3 is 4.74 Å². The van der Waals surface area contributed by atoms with Crippen LogP contribution in [0, 0.1) is 12.3 Å². The van der Waals surface area contributed by atoms with Crippen LogP contribution in [0.3, 0.4) is 0 Å². The van der Waals surface area contributed by atoms with E-state index in [1.807, 2.05) is 0 Å². The van der Waals surface area contributed by atoms with E-state index in [0.29, 0.717) is 5.92 Å². The second-order valence-corrected chi connectivity index (χ2v) is 6.14. The van der Waals surface area contributed by atoms with E-state index in [1.165, 1.54) is 23.8 Å². The molecule has 0 radical (unpaired) electrons. The van der Waals surface area contributed by atoms with E-state index < -0.39 is 0 Å². The maximum atomic E-state index is 12.0. The molecule has 1 aliphatic carbocycles. The lowest BCUT2D eigenvalue weighted by Gasteiger charge is -2.39. The molecule has 0 bridgehead atoms. The highest BCUT2D eigenvalue weighted by Crippen LogP contribution is 2.45. The summed E-state index contributed by atoms with van der Waals surface area (Å²) in [6, 6.07) is 6.63. The fraction of sp³-hybridized carbons (Fsp3) is 0.588. The summed E-state index contributed by atoms with van der Waals surface area (Å²) < 4.78 is 5.01. The highest BCUT2D eigenvalue weighted by molar-refractivity contribution is 5.78. The first-order valence-electron chi connectivity index (χ1n) is 7.16. The van der Waals surface area contributed by atoms with Gasteiger partial charge in [0, 0.05) is 0 Å². The predicted molar refractivity (Wildman–Crippen MR) is 77.3 cm³/mol. The molecule has 0 heterocycles. The molecule has 0 amide bonds. The van der Waals surface area contributed by atoms with E-state index in [4.69, 9.17) is 4.74 Å². The lowest BCUT2D eigenvalue weighted by atomic mass is 9.65. The number of esters is 1. The first-order valence-corrected chi connectivity index (χ1v) is 7.16. The van der Waals surface area contributed by atoms with Gasteiger partial charge >= 0.3 is 5.97 Å². The number of rotatable bonds is 4. The van der Waals surface area contributed by atoms with Crippen molar-refractivity contribution in [3.63, 3.8) is 0 Å². The van der Waals surface area contributed by atoms with Crippen LogP contribution in [0.2, 0.25) is 0 Å². The summed E-state index contributed by atoms with van der Waals surface area (Å²) in [4.78, 5) is 12.0. The molecule has 19 heavy (non-hydrogen) atoms. The Balaban J connectivity index is 2.27. The Morgan fingerprint density at radius 1 is 1.37 bits per heavy atom. The highest BCUT2D eigenvalue weighted by Gasteiger charge is 2.45. The molecular weight excluding hydrogens is 236 g/mol. The molecule has 1 aliphatic rings. The van der Waals surface area contributed by atoms with E-state index in [1.54, 1.807) is 0 Å². The fourth-order valence-electron chi connectivity index (χ4n) is 2.88. The third-order valence-corrected chi connectivity index (χ3v) is 4.50. The zero-order valence-corrected chi connectivity index (χ0v) is 12.5. The van der Waals surface area contributed by atoms with Crippen molar-refractivity contribution in [1.29, 1.82) is 0 Å². The van der Waals surface area contributed by atoms with Crippen molar-refractivity contribution in [2.75, 3.05) is 7.11 Å². The zero-order chi connectivity index (χ0) is 14.0. The van der Waals surface area contributed by atoms with Crippen molar-refractivity contribution < 1.29 is 9.53 Å². The number of hydrogen-bond donors (Lipinski definition) is 0. The Bertz CT molecular complexity index is 470. The van der Waals surface area contributed by atoms with E-state index in [9.17, 15) is 4.79 Å². The molecule has 104 valence electrons. The summed E-state index contributed by atoms with van der Waals surface area (Å²) in [5.41, 5.74) is 3.67. The van der Waals surface area contributed by atoms with E-state index in [2.05, 4.69) is 39.0 Å². The number of benzene rings is 1. The van der Waals surface area contributed by atoms with Crippen LogP contribution >= 0.6 is 0 Å². The Kier molecular flexibility index (Phi) is 3.98. The first kappa shape index (κ1) is 14.1. The second-order valence-electron chi connectivity index (χ2n) is 6.14. The molecule has 2 heteroatoms. The topological polar surface area (TPSA) is 26.3 Å². The van der Waals surface area contributed by atoms with Crippen molar-refractivity contribution in [3.8, 4) is 0 Å². The third-order valence-electron chi connectivity index (χ3n) is 4.50. The van der Waals surface area contributed by atoms with Crippen LogP contribution in [-0.2, 0) is 16.0 Å². The van der Waals surface area contributed by atoms with E-state index in [0.717, 1.165) is 25.7 Å². The number of carbonyl (C=O) groups excluding carboxylic acids is 1. The average molecular weight is 260 g/mol. The number of hydrogen-bond acceptors (Lipinski definition) is 2. The van der Waals surface area contributed by atoms with Crippen molar-refractivity contribution in [2.24, 2.45) is 5.41 Å². The largest absolute Gasteiger partial charge is 0.469 e. The Labute approximate surface area is 116 Å². The minimum absolute atomic E-state index is 0.0342. The summed E-state index contributed by atoms with van der Waals surface area (Å²) >= 11 is 0. The normalized spacial score (nSPS) is 17.1. The molecule has 0 aromatic heterocycles. The Morgan fingerprint density at radius 2 is 2.05 bits per heavy atom. The van der Waals surface area contributed by atoms with Gasteiger partial charge in [0.25, 0.3) is 0 Å². The molecule has 0 atom stereocenters. The Morgan fingerprint density at radius 3 is 2.53 bits per heavy atom. The first-order chi connectivity index (χ1) is 8.98. The third kappa shape index (κ3) is 2.68. The van der Waals surface area contributed by atoms with Crippen LogP contribution in [0.5, 0.6) is 0 Å². The van der Waals surface area contributed by atoms with Gasteiger partial charge in [-0.3, -0.25) is 4.79 Å². The quantitative estimate of drug-likeness (QED) is 0.765. The number of ether oxygens (including phenoxy) is 1. The van der Waals surface area contributed by atoms with Gasteiger partial charge in [0.15, 0.2) is 0 Å². The van der Waals surface area contributed by atoms with Gasteiger partial charge in [-0.05, 0) is 48.8 Å². The molecule has 1 fully saturated rings. The smallest absolute Gasteiger partial charge is 0.312 e. The second kappa shape index (κ2) is 5.36. The molecule has 1 aromatic carbocycles. The van der Waals surface area contributed by atoms with Gasteiger partial charge in [-0.15, -0.1) is 0 Å². The zero-order valence-electron chi connectivity index (χ0n) is 12.5. The maximum Gasteiger partial charge on any atom is 0.312 e. The van der Waals surface area contributed by atoms with Crippen LogP contribution in [-0.4, -0.2) is 13.1 Å². The lowest BCUT2D eigenvalue weighted by Crippen LogP contribution is -2.41. The van der Waals surface area contributed by atoms with Crippen molar-refractivity contribution in [1.82, 2.24) is 0 Å². The average Bonchev–Trinajstić information content (AvgIpc) is 2.34. The van der Waals surface area contributed by atoms with Gasteiger partial charge in [-0.2, -0.15) is 0 Å². The summed E-state index contributed by atoms with van der Waals surface area (Å²) in [6.07, 6.45) is 3.89. The van der Waals surface area contributed by atoms with E-state index in [-0.39, 0.29) is 11.4 Å². The Hall–Kier alpha value is -1.31. The monoisotopic (exact) mass is 260 g/mol. The lowest BCUT2D eigenvalue weighted by molar-refractivity contribution is -0.158. The molecule has 1 aromatic rings. The van der Waals surface area contributed by atoms with Gasteiger partial charge in [0.05, 0.1) is 12.5 Å². The molecule has 0 unspecified atom stereocenters. The van der Waals surface area contributed by atoms with Crippen LogP contribution in [0.1, 0.15) is 55.7 Å². The molecular formula is C17H24O2. The molecule has 0 spiro atoms. The summed E-state index contributed by atoms with van der Waals surface area (Å²) in [5.74, 6) is 0.489. The standard InChI is InChI=1S/C17H24O2/c1-12(2)14-7-6-13(3)15(10-14)11-17(8-5-9-17)16(18)19-4/h6-7,10,12H,5,8-9,11H2,1-4H3. The minimum atomic E-state index is -0.255. The van der Waals surface area contributed by atoms with Crippen LogP contribution in [0.25, 0.3) is 0 Å². The summed E-state index contributed by atoms with van der Waals surface area (Å²) in [5, 5.41) is 0. The van der Waals surface area contributed by atoms with Crippen LogP contribution < -0.4 is 0 Å². The number of methoxy groups -OCH3 is 1. The van der Waals surface area contributed by atoms with Gasteiger partial charge in [-0.1, -0.05) is 38.5 Å². The van der Waals surface area contributed by atoms with Crippen LogP contribution in [0.15, 0.2) is 18.2 Å². The van der Waals surface area contributed by atoms with Crippen molar-refractivity contribution in [2.45, 2.75) is 52.4 Å². The van der Waals surface area contributed by atoms with Crippen molar-refractivity contribution in [3.05, 3.63) is 34.9 Å². The van der Waals surface area contributed by atoms with Crippen molar-refractivity contribution >= 4 is 5.97 Å². The number of carbonyl (C=O) groups is 1. The summed E-state index contributed by atoms with van der Waals surface area (Å²) in [7, 11) is 1.50. The molecule has 1 saturated carbocycles. The highest BCUT2D eigenvalue weighted by atomic mass is 16.5. The molecule has 2 rings (SSSR count). The SMILES string of the molecule is COC(=O)C1(Cc2cc(C(C)C)ccc2C)CCC1. The van der Waals surface area contributed by atoms with E-state index >= 15 is 0 Å². The molecule has 0 N–H and O–H groups in total.